The molecule has 3 rings (SSSR count). The van der Waals surface area contributed by atoms with E-state index in [0.29, 0.717) is 16.7 Å². The SMILES string of the molecule is Cc1cc(-c2nc(-c3cc(C)c(Br)c(C)c3)no2)c(N)s1. The van der Waals surface area contributed by atoms with Gasteiger partial charge in [-0.15, -0.1) is 11.3 Å². The van der Waals surface area contributed by atoms with Gasteiger partial charge in [-0.1, -0.05) is 21.1 Å². The van der Waals surface area contributed by atoms with Crippen molar-refractivity contribution in [3.63, 3.8) is 0 Å². The molecule has 0 amide bonds. The lowest BCUT2D eigenvalue weighted by molar-refractivity contribution is 0.432. The molecule has 0 saturated heterocycles. The van der Waals surface area contributed by atoms with E-state index in [4.69, 9.17) is 10.3 Å². The smallest absolute Gasteiger partial charge is 0.261 e. The van der Waals surface area contributed by atoms with E-state index in [1.807, 2.05) is 39.0 Å². The summed E-state index contributed by atoms with van der Waals surface area (Å²) in [5, 5.41) is 4.77. The number of aryl methyl sites for hydroxylation is 3. The van der Waals surface area contributed by atoms with Crippen LogP contribution in [0, 0.1) is 20.8 Å². The summed E-state index contributed by atoms with van der Waals surface area (Å²) in [6, 6.07) is 6.04. The predicted octanol–water partition coefficient (Wildman–Crippen LogP) is 4.74. The zero-order valence-electron chi connectivity index (χ0n) is 11.9. The molecule has 0 radical (unpaired) electrons. The van der Waals surface area contributed by atoms with Crippen molar-refractivity contribution in [1.29, 1.82) is 0 Å². The second kappa shape index (κ2) is 5.27. The van der Waals surface area contributed by atoms with E-state index >= 15 is 0 Å². The molecule has 4 nitrogen and oxygen atoms in total. The first kappa shape index (κ1) is 14.3. The van der Waals surface area contributed by atoms with Gasteiger partial charge in [0.2, 0.25) is 5.82 Å². The van der Waals surface area contributed by atoms with Crippen molar-refractivity contribution in [2.75, 3.05) is 5.73 Å². The maximum absolute atomic E-state index is 5.97. The molecule has 21 heavy (non-hydrogen) atoms. The van der Waals surface area contributed by atoms with Crippen LogP contribution in [0.1, 0.15) is 16.0 Å². The van der Waals surface area contributed by atoms with E-state index in [-0.39, 0.29) is 0 Å². The van der Waals surface area contributed by atoms with Crippen LogP contribution in [-0.4, -0.2) is 10.1 Å². The Bertz CT molecular complexity index is 799. The van der Waals surface area contributed by atoms with E-state index in [0.717, 1.165) is 31.6 Å². The lowest BCUT2D eigenvalue weighted by Crippen LogP contribution is -1.88. The number of thiophene rings is 1. The van der Waals surface area contributed by atoms with Crippen LogP contribution in [0.5, 0.6) is 0 Å². The molecule has 2 aromatic heterocycles. The third-order valence-electron chi connectivity index (χ3n) is 3.24. The number of rotatable bonds is 2. The summed E-state index contributed by atoms with van der Waals surface area (Å²) in [4.78, 5) is 5.59. The van der Waals surface area contributed by atoms with Crippen molar-refractivity contribution >= 4 is 32.3 Å². The molecule has 0 aliphatic heterocycles. The van der Waals surface area contributed by atoms with Gasteiger partial charge in [-0.25, -0.2) is 0 Å². The summed E-state index contributed by atoms with van der Waals surface area (Å²) in [5.74, 6) is 1.04. The predicted molar refractivity (Wildman–Crippen MR) is 89.4 cm³/mol. The maximum atomic E-state index is 5.97. The fraction of sp³-hybridized carbons (Fsp3) is 0.200. The molecule has 0 aliphatic rings. The number of hydrogen-bond acceptors (Lipinski definition) is 5. The Labute approximate surface area is 135 Å². The fourth-order valence-electron chi connectivity index (χ4n) is 2.22. The molecule has 108 valence electrons. The van der Waals surface area contributed by atoms with Gasteiger partial charge in [-0.05, 0) is 50.1 Å². The molecule has 2 N–H and O–H groups in total. The largest absolute Gasteiger partial charge is 0.390 e. The van der Waals surface area contributed by atoms with Gasteiger partial charge in [0, 0.05) is 14.9 Å². The Hall–Kier alpha value is -1.66. The van der Waals surface area contributed by atoms with Gasteiger partial charge in [-0.3, -0.25) is 0 Å². The van der Waals surface area contributed by atoms with Crippen molar-refractivity contribution in [1.82, 2.24) is 10.1 Å². The average Bonchev–Trinajstić information content (AvgIpc) is 3.02. The average molecular weight is 364 g/mol. The highest BCUT2D eigenvalue weighted by atomic mass is 79.9. The summed E-state index contributed by atoms with van der Waals surface area (Å²) in [6.07, 6.45) is 0. The number of aromatic nitrogens is 2. The highest BCUT2D eigenvalue weighted by Gasteiger charge is 2.16. The van der Waals surface area contributed by atoms with Gasteiger partial charge in [-0.2, -0.15) is 4.98 Å². The van der Waals surface area contributed by atoms with Crippen LogP contribution in [0.3, 0.4) is 0 Å². The number of nitrogens with two attached hydrogens (primary N) is 1. The van der Waals surface area contributed by atoms with Crippen molar-refractivity contribution in [2.45, 2.75) is 20.8 Å². The van der Waals surface area contributed by atoms with Gasteiger partial charge in [0.15, 0.2) is 0 Å². The number of benzene rings is 1. The van der Waals surface area contributed by atoms with Gasteiger partial charge in [0.1, 0.15) is 0 Å². The molecule has 0 aliphatic carbocycles. The number of nitrogen functional groups attached to an aromatic ring is 1. The summed E-state index contributed by atoms with van der Waals surface area (Å²) in [5.41, 5.74) is 10.0. The Morgan fingerprint density at radius 1 is 1.14 bits per heavy atom. The second-order valence-corrected chi connectivity index (χ2v) is 7.06. The van der Waals surface area contributed by atoms with Crippen LogP contribution >= 0.6 is 27.3 Å². The summed E-state index contributed by atoms with van der Waals surface area (Å²) < 4.78 is 6.47. The highest BCUT2D eigenvalue weighted by molar-refractivity contribution is 9.10. The minimum Gasteiger partial charge on any atom is -0.390 e. The topological polar surface area (TPSA) is 64.9 Å². The normalized spacial score (nSPS) is 11.0. The molecule has 0 saturated carbocycles. The summed E-state index contributed by atoms with van der Waals surface area (Å²) in [7, 11) is 0. The summed E-state index contributed by atoms with van der Waals surface area (Å²) >= 11 is 5.08. The number of anilines is 1. The molecule has 1 aromatic carbocycles. The van der Waals surface area contributed by atoms with E-state index < -0.39 is 0 Å². The third-order valence-corrected chi connectivity index (χ3v) is 5.37. The summed E-state index contributed by atoms with van der Waals surface area (Å²) in [6.45, 7) is 6.09. The quantitative estimate of drug-likeness (QED) is 0.714. The van der Waals surface area contributed by atoms with E-state index in [1.54, 1.807) is 0 Å². The van der Waals surface area contributed by atoms with Crippen molar-refractivity contribution < 1.29 is 4.52 Å². The number of nitrogens with zero attached hydrogens (tertiary/aromatic N) is 2. The van der Waals surface area contributed by atoms with E-state index in [9.17, 15) is 0 Å². The Morgan fingerprint density at radius 2 is 1.81 bits per heavy atom. The second-order valence-electron chi connectivity index (χ2n) is 4.98. The van der Waals surface area contributed by atoms with Gasteiger partial charge in [0.05, 0.1) is 10.6 Å². The lowest BCUT2D eigenvalue weighted by Gasteiger charge is -2.04. The van der Waals surface area contributed by atoms with Crippen molar-refractivity contribution in [3.8, 4) is 22.8 Å². The Morgan fingerprint density at radius 3 is 2.38 bits per heavy atom. The molecule has 0 bridgehead atoms. The maximum Gasteiger partial charge on any atom is 0.261 e. The van der Waals surface area contributed by atoms with E-state index in [2.05, 4.69) is 26.1 Å². The van der Waals surface area contributed by atoms with Crippen LogP contribution in [0.4, 0.5) is 5.00 Å². The van der Waals surface area contributed by atoms with Crippen LogP contribution in [0.2, 0.25) is 0 Å². The van der Waals surface area contributed by atoms with Crippen LogP contribution in [0.25, 0.3) is 22.8 Å². The van der Waals surface area contributed by atoms with Crippen LogP contribution in [0.15, 0.2) is 27.2 Å². The molecular formula is C15H14BrN3OS. The van der Waals surface area contributed by atoms with Gasteiger partial charge < -0.3 is 10.3 Å². The molecule has 3 aromatic rings. The minimum absolute atomic E-state index is 0.463. The molecule has 0 unspecified atom stereocenters. The highest BCUT2D eigenvalue weighted by Crippen LogP contribution is 2.34. The number of halogens is 1. The van der Waals surface area contributed by atoms with Crippen LogP contribution < -0.4 is 5.73 Å². The monoisotopic (exact) mass is 363 g/mol. The standard InChI is InChI=1S/C15H14BrN3OS/c1-7-4-10(5-8(2)12(7)16)14-18-15(20-19-14)11-6-9(3)21-13(11)17/h4-6H,17H2,1-3H3. The first-order chi connectivity index (χ1) is 9.95. The van der Waals surface area contributed by atoms with Gasteiger partial charge >= 0.3 is 0 Å². The molecule has 6 heteroatoms. The zero-order chi connectivity index (χ0) is 15.1. The third kappa shape index (κ3) is 2.61. The molecule has 2 heterocycles. The molecular weight excluding hydrogens is 350 g/mol. The van der Waals surface area contributed by atoms with Crippen LogP contribution in [-0.2, 0) is 0 Å². The number of hydrogen-bond donors (Lipinski definition) is 1. The molecule has 0 spiro atoms. The Kier molecular flexibility index (Phi) is 3.59. The fourth-order valence-corrected chi connectivity index (χ4v) is 3.23. The first-order valence-corrected chi connectivity index (χ1v) is 8.03. The molecule has 0 fully saturated rings. The minimum atomic E-state index is 0.463. The van der Waals surface area contributed by atoms with Crippen molar-refractivity contribution in [2.24, 2.45) is 0 Å². The Balaban J connectivity index is 2.04. The van der Waals surface area contributed by atoms with Crippen molar-refractivity contribution in [3.05, 3.63) is 38.7 Å². The first-order valence-electron chi connectivity index (χ1n) is 6.43. The molecule has 0 atom stereocenters. The zero-order valence-corrected chi connectivity index (χ0v) is 14.3. The van der Waals surface area contributed by atoms with Gasteiger partial charge in [0.25, 0.3) is 5.89 Å². The lowest BCUT2D eigenvalue weighted by atomic mass is 10.1. The van der Waals surface area contributed by atoms with E-state index in [1.165, 1.54) is 11.3 Å².